The van der Waals surface area contributed by atoms with Crippen LogP contribution in [-0.4, -0.2) is 32.9 Å². The van der Waals surface area contributed by atoms with Crippen molar-refractivity contribution in [1.29, 1.82) is 0 Å². The second-order valence-corrected chi connectivity index (χ2v) is 10.0. The predicted octanol–water partition coefficient (Wildman–Crippen LogP) is 4.73. The summed E-state index contributed by atoms with van der Waals surface area (Å²) in [6.45, 7) is 0. The highest BCUT2D eigenvalue weighted by Gasteiger charge is 2.27. The fraction of sp³-hybridized carbons (Fsp3) is 0.167. The number of nitrogens with one attached hydrogen (secondary N) is 4. The molecule has 3 aromatic rings. The van der Waals surface area contributed by atoms with Crippen LogP contribution in [0.1, 0.15) is 33.9 Å². The van der Waals surface area contributed by atoms with Gasteiger partial charge in [-0.15, -0.1) is 0 Å². The van der Waals surface area contributed by atoms with E-state index in [0.29, 0.717) is 28.1 Å². The van der Waals surface area contributed by atoms with Gasteiger partial charge in [-0.05, 0) is 48.0 Å². The number of aromatic nitrogens is 1. The number of pyridine rings is 1. The number of benzene rings is 2. The Kier molecular flexibility index (Phi) is 8.46. The summed E-state index contributed by atoms with van der Waals surface area (Å²) in [6.07, 6.45) is 2.00. The summed E-state index contributed by atoms with van der Waals surface area (Å²) in [4.78, 5) is 28.4. The molecule has 1 aromatic heterocycles. The lowest BCUT2D eigenvalue weighted by Gasteiger charge is -2.22. The molecular weight excluding hydrogens is 525 g/mol. The Hall–Kier alpha value is -2.85. The standard InChI is InChI=1S/C24H21Cl2N5O2S2/c25-17-8-6-15(7-9-17)20(14-4-2-1-3-5-14)29-24(34)31-30-21-18(26)12-16(13-27-21)22(32)28-19-10-11-35-23(19)33/h1-9,12-13,19-20H,10-11H2,(H,27,30)(H,28,32)(H2,29,31,34)/t19?,20-/m0/s1. The second kappa shape index (κ2) is 11.7. The van der Waals surface area contributed by atoms with E-state index in [2.05, 4.69) is 26.5 Å². The van der Waals surface area contributed by atoms with Crippen LogP contribution < -0.4 is 21.5 Å². The molecule has 0 aliphatic carbocycles. The Bertz CT molecular complexity index is 1230. The van der Waals surface area contributed by atoms with Crippen molar-refractivity contribution in [3.63, 3.8) is 0 Å². The van der Waals surface area contributed by atoms with Crippen molar-refractivity contribution in [2.24, 2.45) is 0 Å². The molecule has 35 heavy (non-hydrogen) atoms. The van der Waals surface area contributed by atoms with Crippen molar-refractivity contribution in [3.05, 3.63) is 93.6 Å². The number of carbonyl (C=O) groups excluding carboxylic acids is 2. The highest BCUT2D eigenvalue weighted by molar-refractivity contribution is 8.14. The number of hydrazine groups is 1. The molecule has 7 nitrogen and oxygen atoms in total. The maximum atomic E-state index is 12.4. The van der Waals surface area contributed by atoms with Gasteiger partial charge in [0.1, 0.15) is 0 Å². The minimum Gasteiger partial charge on any atom is -0.350 e. The molecule has 0 saturated carbocycles. The summed E-state index contributed by atoms with van der Waals surface area (Å²) in [7, 11) is 0. The van der Waals surface area contributed by atoms with E-state index in [9.17, 15) is 9.59 Å². The maximum absolute atomic E-state index is 12.4. The molecule has 180 valence electrons. The average molecular weight is 547 g/mol. The minimum atomic E-state index is -0.479. The quantitative estimate of drug-likeness (QED) is 0.250. The van der Waals surface area contributed by atoms with Crippen LogP contribution in [0.5, 0.6) is 0 Å². The normalized spacial score (nSPS) is 15.8. The third kappa shape index (κ3) is 6.64. The molecule has 2 atom stereocenters. The van der Waals surface area contributed by atoms with E-state index in [-0.39, 0.29) is 21.7 Å². The van der Waals surface area contributed by atoms with Gasteiger partial charge in [-0.25, -0.2) is 4.98 Å². The van der Waals surface area contributed by atoms with Crippen LogP contribution in [0.4, 0.5) is 5.82 Å². The number of carbonyl (C=O) groups is 2. The molecule has 2 aromatic carbocycles. The number of nitrogens with zero attached hydrogens (tertiary/aromatic N) is 1. The molecule has 4 N–H and O–H groups in total. The first-order valence-corrected chi connectivity index (χ1v) is 12.8. The van der Waals surface area contributed by atoms with Gasteiger partial charge in [-0.3, -0.25) is 20.4 Å². The van der Waals surface area contributed by atoms with Crippen LogP contribution >= 0.6 is 47.2 Å². The Labute approximate surface area is 222 Å². The van der Waals surface area contributed by atoms with Gasteiger partial charge in [0.25, 0.3) is 5.91 Å². The molecule has 1 amide bonds. The van der Waals surface area contributed by atoms with E-state index in [1.807, 2.05) is 54.6 Å². The second-order valence-electron chi connectivity index (χ2n) is 7.66. The zero-order valence-corrected chi connectivity index (χ0v) is 21.4. The summed E-state index contributed by atoms with van der Waals surface area (Å²) >= 11 is 19.1. The van der Waals surface area contributed by atoms with Crippen LogP contribution in [0.3, 0.4) is 0 Å². The summed E-state index contributed by atoms with van der Waals surface area (Å²) in [6, 6.07) is 18.2. The molecule has 0 radical (unpaired) electrons. The van der Waals surface area contributed by atoms with E-state index in [0.717, 1.165) is 11.1 Å². The van der Waals surface area contributed by atoms with Gasteiger partial charge in [0.15, 0.2) is 10.9 Å². The number of anilines is 1. The Morgan fingerprint density at radius 1 is 1.09 bits per heavy atom. The zero-order chi connectivity index (χ0) is 24.8. The maximum Gasteiger partial charge on any atom is 0.253 e. The number of hydrogen-bond acceptors (Lipinski definition) is 6. The van der Waals surface area contributed by atoms with Gasteiger partial charge in [0, 0.05) is 17.0 Å². The van der Waals surface area contributed by atoms with Crippen molar-refractivity contribution >= 4 is 69.1 Å². The lowest BCUT2D eigenvalue weighted by molar-refractivity contribution is -0.112. The predicted molar refractivity (Wildman–Crippen MR) is 145 cm³/mol. The summed E-state index contributed by atoms with van der Waals surface area (Å²) in [5.74, 6) is 0.599. The van der Waals surface area contributed by atoms with Crippen LogP contribution in [0, 0.1) is 0 Å². The minimum absolute atomic E-state index is 0.0340. The first-order chi connectivity index (χ1) is 16.9. The van der Waals surface area contributed by atoms with Crippen molar-refractivity contribution in [2.45, 2.75) is 18.5 Å². The lowest BCUT2D eigenvalue weighted by atomic mass is 9.99. The van der Waals surface area contributed by atoms with Crippen molar-refractivity contribution in [3.8, 4) is 0 Å². The number of halogens is 2. The average Bonchev–Trinajstić information content (AvgIpc) is 3.27. The van der Waals surface area contributed by atoms with Gasteiger partial charge in [0.05, 0.1) is 22.7 Å². The van der Waals surface area contributed by atoms with Gasteiger partial charge in [0.2, 0.25) is 5.12 Å². The molecule has 1 unspecified atom stereocenters. The van der Waals surface area contributed by atoms with E-state index in [1.54, 1.807) is 0 Å². The summed E-state index contributed by atoms with van der Waals surface area (Å²) in [5, 5.41) is 7.14. The zero-order valence-electron chi connectivity index (χ0n) is 18.3. The van der Waals surface area contributed by atoms with Crippen LogP contribution in [0.2, 0.25) is 10.0 Å². The molecule has 0 spiro atoms. The smallest absolute Gasteiger partial charge is 0.253 e. The highest BCUT2D eigenvalue weighted by Crippen LogP contribution is 2.24. The van der Waals surface area contributed by atoms with Crippen LogP contribution in [0.25, 0.3) is 0 Å². The molecule has 1 aliphatic rings. The number of thiocarbonyl (C=S) groups is 1. The van der Waals surface area contributed by atoms with Crippen LogP contribution in [-0.2, 0) is 4.79 Å². The molecule has 1 fully saturated rings. The third-order valence-electron chi connectivity index (χ3n) is 5.25. The molecule has 1 saturated heterocycles. The summed E-state index contributed by atoms with van der Waals surface area (Å²) in [5.41, 5.74) is 8.02. The van der Waals surface area contributed by atoms with E-state index in [1.165, 1.54) is 24.0 Å². The van der Waals surface area contributed by atoms with E-state index < -0.39 is 11.9 Å². The SMILES string of the molecule is O=C(NC1CCSC1=O)c1cnc(NNC(=S)N[C@@H](c2ccccc2)c2ccc(Cl)cc2)c(Cl)c1. The molecule has 4 rings (SSSR count). The van der Waals surface area contributed by atoms with E-state index >= 15 is 0 Å². The van der Waals surface area contributed by atoms with E-state index in [4.69, 9.17) is 35.4 Å². The number of rotatable bonds is 7. The number of thioether (sulfide) groups is 1. The third-order valence-corrected chi connectivity index (χ3v) is 7.02. The van der Waals surface area contributed by atoms with Gasteiger partial charge in [-0.2, -0.15) is 0 Å². The van der Waals surface area contributed by atoms with Crippen LogP contribution in [0.15, 0.2) is 66.9 Å². The first-order valence-electron chi connectivity index (χ1n) is 10.7. The van der Waals surface area contributed by atoms with Gasteiger partial charge in [-0.1, -0.05) is 77.4 Å². The first kappa shape index (κ1) is 25.2. The molecule has 0 bridgehead atoms. The highest BCUT2D eigenvalue weighted by atomic mass is 35.5. The summed E-state index contributed by atoms with van der Waals surface area (Å²) < 4.78 is 0. The lowest BCUT2D eigenvalue weighted by Crippen LogP contribution is -2.41. The van der Waals surface area contributed by atoms with Gasteiger partial charge >= 0.3 is 0 Å². The molecule has 11 heteroatoms. The monoisotopic (exact) mass is 545 g/mol. The Morgan fingerprint density at radius 3 is 2.46 bits per heavy atom. The van der Waals surface area contributed by atoms with Gasteiger partial charge < -0.3 is 10.6 Å². The fourth-order valence-corrected chi connectivity index (χ4v) is 4.91. The number of hydrogen-bond donors (Lipinski definition) is 4. The largest absolute Gasteiger partial charge is 0.350 e. The fourth-order valence-electron chi connectivity index (χ4n) is 3.47. The van der Waals surface area contributed by atoms with Crippen molar-refractivity contribution in [2.75, 3.05) is 11.2 Å². The molecular formula is C24H21Cl2N5O2S2. The molecule has 1 aliphatic heterocycles. The van der Waals surface area contributed by atoms with Crippen molar-refractivity contribution in [1.82, 2.24) is 21.0 Å². The van der Waals surface area contributed by atoms with Crippen molar-refractivity contribution < 1.29 is 9.59 Å². The Morgan fingerprint density at radius 2 is 1.80 bits per heavy atom. The Balaban J connectivity index is 1.39. The topological polar surface area (TPSA) is 95.2 Å². The number of amides is 1. The molecule has 2 heterocycles.